The Morgan fingerprint density at radius 3 is 2.78 bits per heavy atom. The van der Waals surface area contributed by atoms with Crippen LogP contribution in [0.2, 0.25) is 5.02 Å². The molecule has 0 bridgehead atoms. The predicted molar refractivity (Wildman–Crippen MR) is 78.5 cm³/mol. The number of aromatic nitrogens is 2. The number of alkyl halides is 3. The molecule has 0 aliphatic carbocycles. The number of amides is 1. The van der Waals surface area contributed by atoms with Crippen LogP contribution in [0.25, 0.3) is 0 Å². The molecule has 1 amide bonds. The van der Waals surface area contributed by atoms with E-state index in [0.717, 1.165) is 0 Å². The lowest BCUT2D eigenvalue weighted by molar-refractivity contribution is -0.153. The third-order valence-corrected chi connectivity index (χ3v) is 2.97. The van der Waals surface area contributed by atoms with Crippen molar-refractivity contribution in [1.82, 2.24) is 9.78 Å². The summed E-state index contributed by atoms with van der Waals surface area (Å²) in [6, 6.07) is 4.05. The molecule has 5 nitrogen and oxygen atoms in total. The molecule has 1 heterocycles. The van der Waals surface area contributed by atoms with Crippen LogP contribution < -0.4 is 10.1 Å². The van der Waals surface area contributed by atoms with Crippen LogP contribution in [0, 0.1) is 0 Å². The van der Waals surface area contributed by atoms with Crippen molar-refractivity contribution in [1.29, 1.82) is 0 Å². The van der Waals surface area contributed by atoms with Crippen LogP contribution in [0.4, 0.5) is 18.9 Å². The van der Waals surface area contributed by atoms with Crippen LogP contribution in [0.1, 0.15) is 5.56 Å². The van der Waals surface area contributed by atoms with Crippen LogP contribution in [0.3, 0.4) is 0 Å². The number of hydrogen-bond donors (Lipinski definition) is 1. The van der Waals surface area contributed by atoms with E-state index in [9.17, 15) is 18.0 Å². The van der Waals surface area contributed by atoms with Crippen molar-refractivity contribution >= 4 is 23.2 Å². The van der Waals surface area contributed by atoms with Gasteiger partial charge in [0.25, 0.3) is 0 Å². The normalized spacial score (nSPS) is 11.3. The van der Waals surface area contributed by atoms with Gasteiger partial charge < -0.3 is 10.1 Å². The molecule has 1 aromatic heterocycles. The molecule has 0 fully saturated rings. The van der Waals surface area contributed by atoms with E-state index in [4.69, 9.17) is 16.3 Å². The fraction of sp³-hybridized carbons (Fsp3) is 0.286. The van der Waals surface area contributed by atoms with Crippen molar-refractivity contribution in [2.75, 3.05) is 11.9 Å². The first-order valence-electron chi connectivity index (χ1n) is 6.49. The van der Waals surface area contributed by atoms with Crippen LogP contribution in [-0.4, -0.2) is 28.5 Å². The summed E-state index contributed by atoms with van der Waals surface area (Å²) in [6.07, 6.45) is -1.25. The van der Waals surface area contributed by atoms with E-state index in [1.807, 2.05) is 0 Å². The molecule has 0 saturated heterocycles. The second-order valence-electron chi connectivity index (χ2n) is 4.79. The Morgan fingerprint density at radius 2 is 2.17 bits per heavy atom. The number of rotatable bonds is 5. The second-order valence-corrected chi connectivity index (χ2v) is 5.23. The zero-order chi connectivity index (χ0) is 17.0. The molecular weight excluding hydrogens is 335 g/mol. The average molecular weight is 348 g/mol. The molecule has 0 spiro atoms. The van der Waals surface area contributed by atoms with Crippen LogP contribution in [0.5, 0.6) is 5.75 Å². The van der Waals surface area contributed by atoms with Crippen LogP contribution >= 0.6 is 11.6 Å². The number of nitrogens with zero attached hydrogens (tertiary/aromatic N) is 2. The summed E-state index contributed by atoms with van der Waals surface area (Å²) in [4.78, 5) is 12.0. The standard InChI is InChI=1S/C14H13ClF3N3O2/c1-21-7-9(6-19-21)4-13(22)20-11-3-2-10(15)5-12(11)23-8-14(16,17)18/h2-3,5-7H,4,8H2,1H3,(H,20,22). The molecule has 0 atom stereocenters. The minimum atomic E-state index is -4.49. The smallest absolute Gasteiger partial charge is 0.422 e. The summed E-state index contributed by atoms with van der Waals surface area (Å²) in [5.41, 5.74) is 0.796. The average Bonchev–Trinajstić information content (AvgIpc) is 2.83. The molecule has 1 N–H and O–H groups in total. The first-order chi connectivity index (χ1) is 10.7. The molecule has 2 aromatic rings. The van der Waals surface area contributed by atoms with Crippen molar-refractivity contribution in [3.63, 3.8) is 0 Å². The lowest BCUT2D eigenvalue weighted by Crippen LogP contribution is -2.20. The minimum Gasteiger partial charge on any atom is -0.482 e. The van der Waals surface area contributed by atoms with Gasteiger partial charge in [0.05, 0.1) is 18.3 Å². The third-order valence-electron chi connectivity index (χ3n) is 2.73. The fourth-order valence-corrected chi connectivity index (χ4v) is 1.98. The zero-order valence-corrected chi connectivity index (χ0v) is 12.8. The van der Waals surface area contributed by atoms with Gasteiger partial charge in [-0.3, -0.25) is 9.48 Å². The molecule has 9 heteroatoms. The largest absolute Gasteiger partial charge is 0.482 e. The summed E-state index contributed by atoms with van der Waals surface area (Å²) >= 11 is 5.75. The highest BCUT2D eigenvalue weighted by atomic mass is 35.5. The Labute approximate surface area is 135 Å². The van der Waals surface area contributed by atoms with E-state index in [1.165, 1.54) is 24.4 Å². The van der Waals surface area contributed by atoms with Gasteiger partial charge in [-0.15, -0.1) is 0 Å². The molecule has 2 rings (SSSR count). The van der Waals surface area contributed by atoms with E-state index >= 15 is 0 Å². The quantitative estimate of drug-likeness (QED) is 0.903. The maximum atomic E-state index is 12.3. The highest BCUT2D eigenvalue weighted by Gasteiger charge is 2.29. The van der Waals surface area contributed by atoms with Crippen molar-refractivity contribution in [2.45, 2.75) is 12.6 Å². The Morgan fingerprint density at radius 1 is 1.43 bits per heavy atom. The molecule has 0 aliphatic rings. The molecule has 124 valence electrons. The van der Waals surface area contributed by atoms with Gasteiger partial charge in [0, 0.05) is 24.3 Å². The maximum Gasteiger partial charge on any atom is 0.422 e. The van der Waals surface area contributed by atoms with Crippen molar-refractivity contribution in [3.8, 4) is 5.75 Å². The number of aryl methyl sites for hydroxylation is 1. The summed E-state index contributed by atoms with van der Waals surface area (Å²) in [5, 5.41) is 6.64. The first-order valence-corrected chi connectivity index (χ1v) is 6.87. The van der Waals surface area contributed by atoms with E-state index < -0.39 is 18.7 Å². The number of halogens is 4. The van der Waals surface area contributed by atoms with Crippen LogP contribution in [0.15, 0.2) is 30.6 Å². The minimum absolute atomic E-state index is 0.0369. The van der Waals surface area contributed by atoms with Crippen molar-refractivity contribution in [2.24, 2.45) is 7.05 Å². The summed E-state index contributed by atoms with van der Waals surface area (Å²) in [7, 11) is 1.71. The highest BCUT2D eigenvalue weighted by Crippen LogP contribution is 2.30. The second kappa shape index (κ2) is 6.91. The Balaban J connectivity index is 2.07. The number of carbonyl (C=O) groups is 1. The molecular formula is C14H13ClF3N3O2. The van der Waals surface area contributed by atoms with Gasteiger partial charge in [-0.2, -0.15) is 18.3 Å². The van der Waals surface area contributed by atoms with E-state index in [1.54, 1.807) is 17.9 Å². The number of anilines is 1. The Hall–Kier alpha value is -2.22. The van der Waals surface area contributed by atoms with Gasteiger partial charge in [0.15, 0.2) is 6.61 Å². The lowest BCUT2D eigenvalue weighted by Gasteiger charge is -2.14. The van der Waals surface area contributed by atoms with Gasteiger partial charge in [0.2, 0.25) is 5.91 Å². The van der Waals surface area contributed by atoms with E-state index in [0.29, 0.717) is 5.56 Å². The fourth-order valence-electron chi connectivity index (χ4n) is 1.82. The third kappa shape index (κ3) is 5.48. The zero-order valence-electron chi connectivity index (χ0n) is 12.0. The van der Waals surface area contributed by atoms with Crippen molar-refractivity contribution < 1.29 is 22.7 Å². The maximum absolute atomic E-state index is 12.3. The molecule has 0 aliphatic heterocycles. The van der Waals surface area contributed by atoms with Crippen molar-refractivity contribution in [3.05, 3.63) is 41.2 Å². The number of nitrogens with one attached hydrogen (secondary N) is 1. The summed E-state index contributed by atoms with van der Waals surface area (Å²) in [6.45, 7) is -1.47. The molecule has 1 aromatic carbocycles. The molecule has 0 saturated carbocycles. The molecule has 0 unspecified atom stereocenters. The number of carbonyl (C=O) groups excluding carboxylic acids is 1. The summed E-state index contributed by atoms with van der Waals surface area (Å²) in [5.74, 6) is -0.549. The first kappa shape index (κ1) is 17.1. The number of hydrogen-bond acceptors (Lipinski definition) is 3. The summed E-state index contributed by atoms with van der Waals surface area (Å²) < 4.78 is 43.1. The predicted octanol–water partition coefficient (Wildman–Crippen LogP) is 3.20. The molecule has 0 radical (unpaired) electrons. The van der Waals surface area contributed by atoms with Gasteiger partial charge in [-0.05, 0) is 17.7 Å². The Kier molecular flexibility index (Phi) is 5.15. The van der Waals surface area contributed by atoms with E-state index in [2.05, 4.69) is 10.4 Å². The molecule has 23 heavy (non-hydrogen) atoms. The van der Waals surface area contributed by atoms with Gasteiger partial charge in [0.1, 0.15) is 5.75 Å². The number of ether oxygens (including phenoxy) is 1. The van der Waals surface area contributed by atoms with Gasteiger partial charge in [-0.25, -0.2) is 0 Å². The lowest BCUT2D eigenvalue weighted by atomic mass is 10.2. The topological polar surface area (TPSA) is 56.2 Å². The Bertz CT molecular complexity index is 701. The van der Waals surface area contributed by atoms with Gasteiger partial charge >= 0.3 is 6.18 Å². The highest BCUT2D eigenvalue weighted by molar-refractivity contribution is 6.30. The SMILES string of the molecule is Cn1cc(CC(=O)Nc2ccc(Cl)cc2OCC(F)(F)F)cn1. The number of benzene rings is 1. The van der Waals surface area contributed by atoms with Gasteiger partial charge in [-0.1, -0.05) is 11.6 Å². The van der Waals surface area contributed by atoms with Crippen LogP contribution in [-0.2, 0) is 18.3 Å². The monoisotopic (exact) mass is 347 g/mol. The van der Waals surface area contributed by atoms with E-state index in [-0.39, 0.29) is 22.9 Å².